The Labute approximate surface area is 272 Å². The van der Waals surface area contributed by atoms with Crippen LogP contribution in [0.25, 0.3) is 0 Å². The van der Waals surface area contributed by atoms with Crippen molar-refractivity contribution in [2.24, 2.45) is 0 Å². The van der Waals surface area contributed by atoms with Crippen LogP contribution < -0.4 is 14.8 Å². The standard InChI is InChI=1S/C33H35ClN2O7S2/c1-21(32(38)39)43-28-15-10-22(7-6-16-45(40,41)26-13-11-24(34)12-14-26)17-27(28)35-31(37)23-8-5-9-25(18-23)42-19-30-36-29(20-44-30)33(2,3)4/h5,8-15,17-18,20-21H,6-7,16,19H2,1-4H3,(H,35,37)(H,38,39). The maximum atomic E-state index is 13.3. The third-order valence-electron chi connectivity index (χ3n) is 6.77. The van der Waals surface area contributed by atoms with Crippen LogP contribution in [-0.2, 0) is 33.1 Å². The lowest BCUT2D eigenvalue weighted by Gasteiger charge is -2.17. The number of sulfone groups is 1. The van der Waals surface area contributed by atoms with Crippen molar-refractivity contribution in [1.29, 1.82) is 0 Å². The Balaban J connectivity index is 1.46. The molecule has 0 fully saturated rings. The summed E-state index contributed by atoms with van der Waals surface area (Å²) in [6.07, 6.45) is -0.459. The molecular formula is C33H35ClN2O7S2. The van der Waals surface area contributed by atoms with Gasteiger partial charge in [-0.25, -0.2) is 18.2 Å². The van der Waals surface area contributed by atoms with Crippen LogP contribution >= 0.6 is 22.9 Å². The molecule has 1 atom stereocenters. The van der Waals surface area contributed by atoms with Crippen LogP contribution in [0.15, 0.2) is 77.0 Å². The summed E-state index contributed by atoms with van der Waals surface area (Å²) in [5.41, 5.74) is 2.24. The second kappa shape index (κ2) is 14.4. The lowest BCUT2D eigenvalue weighted by atomic mass is 9.93. The summed E-state index contributed by atoms with van der Waals surface area (Å²) in [5, 5.41) is 15.5. The van der Waals surface area contributed by atoms with E-state index < -0.39 is 27.8 Å². The fourth-order valence-corrected chi connectivity index (χ4v) is 6.56. The number of carboxylic acid groups (broad SMARTS) is 1. The molecule has 9 nitrogen and oxygen atoms in total. The fraction of sp³-hybridized carbons (Fsp3) is 0.303. The van der Waals surface area contributed by atoms with E-state index in [0.29, 0.717) is 29.2 Å². The Morgan fingerprint density at radius 3 is 2.47 bits per heavy atom. The quantitative estimate of drug-likeness (QED) is 0.153. The minimum atomic E-state index is -3.51. The number of amides is 1. The van der Waals surface area contributed by atoms with Crippen LogP contribution in [0.4, 0.5) is 5.69 Å². The first kappa shape index (κ1) is 34.0. The monoisotopic (exact) mass is 670 g/mol. The van der Waals surface area contributed by atoms with Gasteiger partial charge < -0.3 is 19.9 Å². The number of carboxylic acids is 1. The van der Waals surface area contributed by atoms with Gasteiger partial charge in [-0.05, 0) is 79.9 Å². The van der Waals surface area contributed by atoms with Crippen molar-refractivity contribution in [3.8, 4) is 11.5 Å². The summed E-state index contributed by atoms with van der Waals surface area (Å²) < 4.78 is 37.0. The number of halogens is 1. The molecule has 1 amide bonds. The van der Waals surface area contributed by atoms with Gasteiger partial charge in [-0.1, -0.05) is 44.5 Å². The molecule has 45 heavy (non-hydrogen) atoms. The maximum Gasteiger partial charge on any atom is 0.344 e. The number of benzene rings is 3. The summed E-state index contributed by atoms with van der Waals surface area (Å²) >= 11 is 7.39. The Kier molecular flexibility index (Phi) is 10.9. The summed E-state index contributed by atoms with van der Waals surface area (Å²) in [7, 11) is -3.51. The molecule has 238 valence electrons. The molecule has 0 saturated carbocycles. The van der Waals surface area contributed by atoms with Crippen LogP contribution in [0.1, 0.15) is 60.7 Å². The molecule has 4 aromatic rings. The van der Waals surface area contributed by atoms with E-state index in [1.54, 1.807) is 42.5 Å². The number of carbonyl (C=O) groups excluding carboxylic acids is 1. The molecule has 1 heterocycles. The number of hydrogen-bond acceptors (Lipinski definition) is 8. The van der Waals surface area contributed by atoms with Crippen LogP contribution in [0.5, 0.6) is 11.5 Å². The van der Waals surface area contributed by atoms with E-state index in [0.717, 1.165) is 16.3 Å². The Morgan fingerprint density at radius 2 is 1.80 bits per heavy atom. The highest BCUT2D eigenvalue weighted by atomic mass is 35.5. The molecule has 12 heteroatoms. The lowest BCUT2D eigenvalue weighted by Crippen LogP contribution is -2.24. The van der Waals surface area contributed by atoms with Crippen LogP contribution in [-0.4, -0.2) is 42.2 Å². The summed E-state index contributed by atoms with van der Waals surface area (Å²) in [6.45, 7) is 7.92. The van der Waals surface area contributed by atoms with Crippen molar-refractivity contribution in [1.82, 2.24) is 4.98 Å². The van der Waals surface area contributed by atoms with Crippen molar-refractivity contribution in [2.75, 3.05) is 11.1 Å². The molecule has 0 radical (unpaired) electrons. The zero-order chi connectivity index (χ0) is 32.8. The minimum absolute atomic E-state index is 0.0655. The summed E-state index contributed by atoms with van der Waals surface area (Å²) in [4.78, 5) is 29.6. The van der Waals surface area contributed by atoms with E-state index in [4.69, 9.17) is 21.1 Å². The van der Waals surface area contributed by atoms with Gasteiger partial charge in [-0.2, -0.15) is 0 Å². The molecule has 4 rings (SSSR count). The summed E-state index contributed by atoms with van der Waals surface area (Å²) in [5.74, 6) is -1.05. The number of aromatic nitrogens is 1. The van der Waals surface area contributed by atoms with Gasteiger partial charge in [-0.15, -0.1) is 11.3 Å². The largest absolute Gasteiger partial charge is 0.486 e. The molecule has 1 aromatic heterocycles. The first-order valence-electron chi connectivity index (χ1n) is 14.2. The third kappa shape index (κ3) is 9.53. The molecule has 1 unspecified atom stereocenters. The van der Waals surface area contributed by atoms with Crippen molar-refractivity contribution in [2.45, 2.75) is 63.6 Å². The third-order valence-corrected chi connectivity index (χ3v) is 9.66. The number of hydrogen-bond donors (Lipinski definition) is 2. The topological polar surface area (TPSA) is 132 Å². The first-order chi connectivity index (χ1) is 21.2. The van der Waals surface area contributed by atoms with E-state index in [-0.39, 0.29) is 34.1 Å². The van der Waals surface area contributed by atoms with Gasteiger partial charge in [-0.3, -0.25) is 4.79 Å². The van der Waals surface area contributed by atoms with Crippen LogP contribution in [0.3, 0.4) is 0 Å². The molecule has 0 aliphatic carbocycles. The number of rotatable bonds is 13. The first-order valence-corrected chi connectivity index (χ1v) is 17.1. The number of aryl methyl sites for hydroxylation is 1. The molecular weight excluding hydrogens is 636 g/mol. The molecule has 0 aliphatic heterocycles. The Hall–Kier alpha value is -3.93. The van der Waals surface area contributed by atoms with Gasteiger partial charge in [0, 0.05) is 21.4 Å². The number of ether oxygens (including phenoxy) is 2. The van der Waals surface area contributed by atoms with Crippen molar-refractivity contribution < 1.29 is 32.6 Å². The highest BCUT2D eigenvalue weighted by Gasteiger charge is 2.20. The smallest absolute Gasteiger partial charge is 0.344 e. The molecule has 2 N–H and O–H groups in total. The van der Waals surface area contributed by atoms with Gasteiger partial charge in [0.25, 0.3) is 5.91 Å². The van der Waals surface area contributed by atoms with Crippen LogP contribution in [0, 0.1) is 0 Å². The Bertz CT molecular complexity index is 1760. The van der Waals surface area contributed by atoms with Crippen molar-refractivity contribution >= 4 is 50.3 Å². The van der Waals surface area contributed by atoms with Gasteiger partial charge in [0.15, 0.2) is 15.9 Å². The molecule has 0 spiro atoms. The van der Waals surface area contributed by atoms with E-state index in [9.17, 15) is 23.1 Å². The highest BCUT2D eigenvalue weighted by Crippen LogP contribution is 2.29. The highest BCUT2D eigenvalue weighted by molar-refractivity contribution is 7.91. The summed E-state index contributed by atoms with van der Waals surface area (Å²) in [6, 6.07) is 17.7. The molecule has 3 aromatic carbocycles. The van der Waals surface area contributed by atoms with Gasteiger partial charge in [0.2, 0.25) is 0 Å². The molecule has 0 bridgehead atoms. The Morgan fingerprint density at radius 1 is 1.07 bits per heavy atom. The maximum absolute atomic E-state index is 13.3. The molecule has 0 saturated heterocycles. The number of carbonyl (C=O) groups is 2. The second-order valence-electron chi connectivity index (χ2n) is 11.5. The molecule has 0 aliphatic rings. The number of thiazole rings is 1. The second-order valence-corrected chi connectivity index (χ2v) is 14.9. The number of nitrogens with zero attached hydrogens (tertiary/aromatic N) is 1. The minimum Gasteiger partial charge on any atom is -0.486 e. The van der Waals surface area contributed by atoms with Gasteiger partial charge >= 0.3 is 5.97 Å². The van der Waals surface area contributed by atoms with Crippen molar-refractivity contribution in [3.63, 3.8) is 0 Å². The van der Waals surface area contributed by atoms with E-state index in [1.807, 2.05) is 5.38 Å². The van der Waals surface area contributed by atoms with Crippen molar-refractivity contribution in [3.05, 3.63) is 99.0 Å². The van der Waals surface area contributed by atoms with Gasteiger partial charge in [0.1, 0.15) is 23.1 Å². The average molecular weight is 671 g/mol. The van der Waals surface area contributed by atoms with Gasteiger partial charge in [0.05, 0.1) is 22.0 Å². The zero-order valence-corrected chi connectivity index (χ0v) is 27.8. The number of anilines is 1. The average Bonchev–Trinajstić information content (AvgIpc) is 3.48. The normalized spacial score (nSPS) is 12.4. The number of nitrogens with one attached hydrogen (secondary N) is 1. The van der Waals surface area contributed by atoms with E-state index in [1.165, 1.54) is 42.5 Å². The zero-order valence-electron chi connectivity index (χ0n) is 25.4. The van der Waals surface area contributed by atoms with Crippen LogP contribution in [0.2, 0.25) is 5.02 Å². The van der Waals surface area contributed by atoms with E-state index >= 15 is 0 Å². The predicted octanol–water partition coefficient (Wildman–Crippen LogP) is 7.18. The predicted molar refractivity (Wildman–Crippen MR) is 176 cm³/mol. The lowest BCUT2D eigenvalue weighted by molar-refractivity contribution is -0.144. The SMILES string of the molecule is CC(Oc1ccc(CCCS(=O)(=O)c2ccc(Cl)cc2)cc1NC(=O)c1cccc(OCc2nc(C(C)(C)C)cs2)c1)C(=O)O. The van der Waals surface area contributed by atoms with E-state index in [2.05, 4.69) is 31.1 Å². The number of aliphatic carboxylic acids is 1. The fourth-order valence-electron chi connectivity index (χ4n) is 4.19.